The van der Waals surface area contributed by atoms with Crippen LogP contribution >= 0.6 is 11.6 Å². The molecule has 4 N–H and O–H groups in total. The standard InChI is InChI=1S/C13H18ClFN2O/c1-8-6-9(10(14)7-11(8)15)12(16)4-2-3-5-13(17)18/h6-7,12H,2-5,16H2,1H3,(H2,17,18). The second kappa shape index (κ2) is 6.71. The molecule has 0 aliphatic heterocycles. The fourth-order valence-corrected chi connectivity index (χ4v) is 2.07. The van der Waals surface area contributed by atoms with Crippen molar-refractivity contribution < 1.29 is 9.18 Å². The molecule has 3 nitrogen and oxygen atoms in total. The quantitative estimate of drug-likeness (QED) is 0.782. The van der Waals surface area contributed by atoms with Crippen LogP contribution in [0.1, 0.15) is 42.9 Å². The number of carbonyl (C=O) groups is 1. The van der Waals surface area contributed by atoms with Crippen molar-refractivity contribution in [1.29, 1.82) is 0 Å². The Morgan fingerprint density at radius 2 is 2.11 bits per heavy atom. The molecule has 0 radical (unpaired) electrons. The Hall–Kier alpha value is -1.13. The fraction of sp³-hybridized carbons (Fsp3) is 0.462. The molecule has 0 saturated heterocycles. The maximum atomic E-state index is 13.2. The second-order valence-corrected chi connectivity index (χ2v) is 4.85. The van der Waals surface area contributed by atoms with Gasteiger partial charge in [0.15, 0.2) is 0 Å². The van der Waals surface area contributed by atoms with E-state index in [9.17, 15) is 9.18 Å². The summed E-state index contributed by atoms with van der Waals surface area (Å²) in [5.74, 6) is -0.635. The van der Waals surface area contributed by atoms with Crippen LogP contribution in [0.25, 0.3) is 0 Å². The van der Waals surface area contributed by atoms with Crippen LogP contribution in [-0.4, -0.2) is 5.91 Å². The lowest BCUT2D eigenvalue weighted by Crippen LogP contribution is -2.13. The Labute approximate surface area is 111 Å². The summed E-state index contributed by atoms with van der Waals surface area (Å²) >= 11 is 5.97. The molecule has 1 aromatic carbocycles. The number of rotatable bonds is 6. The van der Waals surface area contributed by atoms with E-state index in [-0.39, 0.29) is 17.8 Å². The Morgan fingerprint density at radius 3 is 2.72 bits per heavy atom. The zero-order valence-corrected chi connectivity index (χ0v) is 11.1. The summed E-state index contributed by atoms with van der Waals surface area (Å²) in [7, 11) is 0. The van der Waals surface area contributed by atoms with Gasteiger partial charge in [0, 0.05) is 17.5 Å². The highest BCUT2D eigenvalue weighted by molar-refractivity contribution is 6.31. The number of aryl methyl sites for hydroxylation is 1. The largest absolute Gasteiger partial charge is 0.370 e. The lowest BCUT2D eigenvalue weighted by molar-refractivity contribution is -0.118. The summed E-state index contributed by atoms with van der Waals surface area (Å²) in [6.07, 6.45) is 2.55. The highest BCUT2D eigenvalue weighted by Gasteiger charge is 2.12. The van der Waals surface area contributed by atoms with Gasteiger partial charge >= 0.3 is 0 Å². The summed E-state index contributed by atoms with van der Waals surface area (Å²) in [5, 5.41) is 0.348. The van der Waals surface area contributed by atoms with Crippen molar-refractivity contribution in [1.82, 2.24) is 0 Å². The summed E-state index contributed by atoms with van der Waals surface area (Å²) < 4.78 is 13.2. The van der Waals surface area contributed by atoms with Crippen molar-refractivity contribution in [3.63, 3.8) is 0 Å². The number of benzene rings is 1. The molecule has 1 amide bonds. The van der Waals surface area contributed by atoms with Gasteiger partial charge in [-0.15, -0.1) is 0 Å². The normalized spacial score (nSPS) is 12.4. The highest BCUT2D eigenvalue weighted by atomic mass is 35.5. The van der Waals surface area contributed by atoms with Gasteiger partial charge in [-0.1, -0.05) is 24.1 Å². The van der Waals surface area contributed by atoms with Crippen LogP contribution in [0.4, 0.5) is 4.39 Å². The van der Waals surface area contributed by atoms with E-state index in [2.05, 4.69) is 0 Å². The lowest BCUT2D eigenvalue weighted by atomic mass is 9.99. The molecule has 0 saturated carbocycles. The number of nitrogens with two attached hydrogens (primary N) is 2. The molecule has 0 aliphatic carbocycles. The van der Waals surface area contributed by atoms with Crippen molar-refractivity contribution in [3.8, 4) is 0 Å². The van der Waals surface area contributed by atoms with E-state index in [4.69, 9.17) is 23.1 Å². The number of halogens is 2. The molecule has 1 rings (SSSR count). The van der Waals surface area contributed by atoms with Crippen LogP contribution in [-0.2, 0) is 4.79 Å². The zero-order valence-electron chi connectivity index (χ0n) is 10.4. The van der Waals surface area contributed by atoms with Crippen molar-refractivity contribution in [3.05, 3.63) is 34.1 Å². The maximum absolute atomic E-state index is 13.2. The predicted molar refractivity (Wildman–Crippen MR) is 70.7 cm³/mol. The first kappa shape index (κ1) is 14.9. The minimum absolute atomic E-state index is 0.246. The van der Waals surface area contributed by atoms with E-state index in [1.54, 1.807) is 13.0 Å². The van der Waals surface area contributed by atoms with Crippen LogP contribution in [0, 0.1) is 12.7 Å². The second-order valence-electron chi connectivity index (χ2n) is 4.44. The van der Waals surface area contributed by atoms with Crippen LogP contribution in [0.15, 0.2) is 12.1 Å². The van der Waals surface area contributed by atoms with E-state index in [1.165, 1.54) is 6.07 Å². The average Bonchev–Trinajstić information content (AvgIpc) is 2.28. The number of amides is 1. The smallest absolute Gasteiger partial charge is 0.217 e. The topological polar surface area (TPSA) is 69.1 Å². The molecular weight excluding hydrogens is 255 g/mol. The summed E-state index contributed by atoms with van der Waals surface area (Å²) in [5.41, 5.74) is 12.3. The molecule has 0 fully saturated rings. The molecule has 1 unspecified atom stereocenters. The molecular formula is C13H18ClFN2O. The molecule has 100 valence electrons. The first-order valence-electron chi connectivity index (χ1n) is 5.91. The Balaban J connectivity index is 2.58. The number of hydrogen-bond donors (Lipinski definition) is 2. The monoisotopic (exact) mass is 272 g/mol. The molecule has 1 aromatic rings. The van der Waals surface area contributed by atoms with Crippen LogP contribution < -0.4 is 11.5 Å². The summed E-state index contributed by atoms with van der Waals surface area (Å²) in [6, 6.07) is 2.72. The van der Waals surface area contributed by atoms with Crippen molar-refractivity contribution in [2.45, 2.75) is 38.6 Å². The Bertz CT molecular complexity index is 437. The van der Waals surface area contributed by atoms with Gasteiger partial charge in [-0.2, -0.15) is 0 Å². The van der Waals surface area contributed by atoms with E-state index in [0.29, 0.717) is 29.8 Å². The van der Waals surface area contributed by atoms with Gasteiger partial charge in [-0.25, -0.2) is 4.39 Å². The van der Waals surface area contributed by atoms with Gasteiger partial charge in [0.1, 0.15) is 5.82 Å². The number of hydrogen-bond acceptors (Lipinski definition) is 2. The SMILES string of the molecule is Cc1cc(C(N)CCCCC(N)=O)c(Cl)cc1F. The Morgan fingerprint density at radius 1 is 1.44 bits per heavy atom. The maximum Gasteiger partial charge on any atom is 0.217 e. The van der Waals surface area contributed by atoms with Crippen molar-refractivity contribution in [2.75, 3.05) is 0 Å². The van der Waals surface area contributed by atoms with Gasteiger partial charge in [0.05, 0.1) is 0 Å². The van der Waals surface area contributed by atoms with Crippen LogP contribution in [0.2, 0.25) is 5.02 Å². The minimum Gasteiger partial charge on any atom is -0.370 e. The molecule has 0 aliphatic rings. The predicted octanol–water partition coefficient (Wildman–Crippen LogP) is 2.83. The van der Waals surface area contributed by atoms with Gasteiger partial charge in [-0.3, -0.25) is 4.79 Å². The third-order valence-electron chi connectivity index (χ3n) is 2.87. The Kier molecular flexibility index (Phi) is 5.56. The molecule has 1 atom stereocenters. The molecule has 0 spiro atoms. The first-order valence-corrected chi connectivity index (χ1v) is 6.29. The molecule has 0 heterocycles. The van der Waals surface area contributed by atoms with Crippen molar-refractivity contribution in [2.24, 2.45) is 11.5 Å². The number of unbranched alkanes of at least 4 members (excludes halogenated alkanes) is 1. The third-order valence-corrected chi connectivity index (χ3v) is 3.19. The molecule has 18 heavy (non-hydrogen) atoms. The average molecular weight is 273 g/mol. The molecule has 0 aromatic heterocycles. The third kappa shape index (κ3) is 4.27. The van der Waals surface area contributed by atoms with Crippen LogP contribution in [0.3, 0.4) is 0 Å². The van der Waals surface area contributed by atoms with Gasteiger partial charge < -0.3 is 11.5 Å². The summed E-state index contributed by atoms with van der Waals surface area (Å²) in [4.78, 5) is 10.6. The van der Waals surface area contributed by atoms with E-state index in [1.807, 2.05) is 0 Å². The highest BCUT2D eigenvalue weighted by Crippen LogP contribution is 2.27. The number of primary amides is 1. The fourth-order valence-electron chi connectivity index (χ4n) is 1.78. The first-order chi connectivity index (χ1) is 8.41. The van der Waals surface area contributed by atoms with Crippen LogP contribution in [0.5, 0.6) is 0 Å². The lowest BCUT2D eigenvalue weighted by Gasteiger charge is -2.14. The molecule has 0 bridgehead atoms. The number of carbonyl (C=O) groups excluding carboxylic acids is 1. The van der Waals surface area contributed by atoms with E-state index in [0.717, 1.165) is 12.0 Å². The van der Waals surface area contributed by atoms with Gasteiger partial charge in [-0.05, 0) is 37.0 Å². The minimum atomic E-state index is -0.329. The van der Waals surface area contributed by atoms with Gasteiger partial charge in [0.2, 0.25) is 5.91 Å². The molecule has 5 heteroatoms. The van der Waals surface area contributed by atoms with Crippen molar-refractivity contribution >= 4 is 17.5 Å². The van der Waals surface area contributed by atoms with E-state index < -0.39 is 0 Å². The summed E-state index contributed by atoms with van der Waals surface area (Å²) in [6.45, 7) is 1.68. The van der Waals surface area contributed by atoms with E-state index >= 15 is 0 Å². The van der Waals surface area contributed by atoms with Gasteiger partial charge in [0.25, 0.3) is 0 Å². The zero-order chi connectivity index (χ0) is 13.7.